The third-order valence-corrected chi connectivity index (χ3v) is 6.41. The molecular formula is C30H26ClN9. The highest BCUT2D eigenvalue weighted by atomic mass is 35.5. The van der Waals surface area contributed by atoms with Crippen LogP contribution in [0.1, 0.15) is 50.5 Å². The van der Waals surface area contributed by atoms with Crippen molar-refractivity contribution < 1.29 is 1.37 Å². The van der Waals surface area contributed by atoms with E-state index >= 15 is 0 Å². The van der Waals surface area contributed by atoms with E-state index in [9.17, 15) is 11.9 Å². The lowest BCUT2D eigenvalue weighted by molar-refractivity contribution is 0.443. The van der Waals surface area contributed by atoms with Gasteiger partial charge in [-0.1, -0.05) is 55.8 Å². The maximum absolute atomic E-state index is 10.0. The lowest BCUT2D eigenvalue weighted by Gasteiger charge is -2.22. The highest BCUT2D eigenvalue weighted by Gasteiger charge is 2.23. The summed E-state index contributed by atoms with van der Waals surface area (Å²) < 4.78 is 11.2. The van der Waals surface area contributed by atoms with Crippen LogP contribution in [0, 0.1) is 28.1 Å². The van der Waals surface area contributed by atoms with Crippen LogP contribution in [-0.2, 0) is 0 Å². The number of anilines is 2. The maximum atomic E-state index is 10.0. The highest BCUT2D eigenvalue weighted by molar-refractivity contribution is 6.31. The third kappa shape index (κ3) is 5.56. The van der Waals surface area contributed by atoms with Crippen LogP contribution in [0.25, 0.3) is 16.6 Å². The quantitative estimate of drug-likeness (QED) is 0.243. The standard InChI is InChI=1S/C30H26ClN9/c1-30(2,3)18-36-28-20(14-33)15-35-27-19(13-32)11-21(12-24(27)28)37-29(23-8-4-5-9-25(23)31)26-17-40(39-38-26)22-7-6-10-34-16-22/h4-12,15-17,29,37H,18H2,1-3H3,(H,35,36)/t29-/m1/s1/i29D. The Balaban J connectivity index is 1.68. The van der Waals surface area contributed by atoms with E-state index in [0.29, 0.717) is 50.7 Å². The second-order valence-corrected chi connectivity index (χ2v) is 10.8. The summed E-state index contributed by atoms with van der Waals surface area (Å²) in [5.41, 5.74) is 3.41. The summed E-state index contributed by atoms with van der Waals surface area (Å²) in [5.74, 6) is 0. The monoisotopic (exact) mass is 548 g/mol. The minimum atomic E-state index is -1.71. The third-order valence-electron chi connectivity index (χ3n) is 6.08. The molecular weight excluding hydrogens is 522 g/mol. The number of hydrogen-bond donors (Lipinski definition) is 2. The molecule has 5 rings (SSSR count). The van der Waals surface area contributed by atoms with Crippen molar-refractivity contribution >= 4 is 33.9 Å². The molecule has 0 aliphatic carbocycles. The normalized spacial score (nSPS) is 13.1. The molecule has 10 heteroatoms. The van der Waals surface area contributed by atoms with Crippen molar-refractivity contribution in [2.24, 2.45) is 5.41 Å². The molecule has 40 heavy (non-hydrogen) atoms. The number of rotatable bonds is 7. The van der Waals surface area contributed by atoms with Gasteiger partial charge in [-0.25, -0.2) is 4.68 Å². The smallest absolute Gasteiger partial charge is 0.110 e. The molecule has 0 spiro atoms. The molecule has 198 valence electrons. The van der Waals surface area contributed by atoms with Crippen LogP contribution in [0.5, 0.6) is 0 Å². The zero-order valence-corrected chi connectivity index (χ0v) is 22.9. The zero-order chi connectivity index (χ0) is 29.2. The van der Waals surface area contributed by atoms with Crippen molar-refractivity contribution in [1.82, 2.24) is 25.0 Å². The number of hydrogen-bond acceptors (Lipinski definition) is 8. The summed E-state index contributed by atoms with van der Waals surface area (Å²) in [7, 11) is 0. The molecule has 0 radical (unpaired) electrons. The lowest BCUT2D eigenvalue weighted by atomic mass is 9.96. The molecule has 3 heterocycles. The van der Waals surface area contributed by atoms with Crippen LogP contribution in [0.15, 0.2) is 73.3 Å². The molecule has 0 aliphatic rings. The Labute approximate surface area is 238 Å². The number of nitrogens with zero attached hydrogens (tertiary/aromatic N) is 7. The minimum absolute atomic E-state index is 0.0727. The molecule has 9 nitrogen and oxygen atoms in total. The van der Waals surface area contributed by atoms with Gasteiger partial charge in [0.2, 0.25) is 0 Å². The van der Waals surface area contributed by atoms with Crippen molar-refractivity contribution in [2.45, 2.75) is 26.8 Å². The highest BCUT2D eigenvalue weighted by Crippen LogP contribution is 2.35. The van der Waals surface area contributed by atoms with Gasteiger partial charge in [-0.3, -0.25) is 9.97 Å². The summed E-state index contributed by atoms with van der Waals surface area (Å²) in [6.07, 6.45) is 6.40. The van der Waals surface area contributed by atoms with Crippen LogP contribution in [-0.4, -0.2) is 31.5 Å². The molecule has 2 N–H and O–H groups in total. The Morgan fingerprint density at radius 2 is 1.88 bits per heavy atom. The first kappa shape index (κ1) is 25.3. The Morgan fingerprint density at radius 3 is 2.58 bits per heavy atom. The van der Waals surface area contributed by atoms with Crippen molar-refractivity contribution in [3.8, 4) is 17.8 Å². The fourth-order valence-electron chi connectivity index (χ4n) is 4.16. The van der Waals surface area contributed by atoms with Gasteiger partial charge >= 0.3 is 0 Å². The molecule has 5 aromatic rings. The SMILES string of the molecule is [2H][C@](Nc1cc(C#N)c2ncc(C#N)c(NCC(C)(C)C)c2c1)(c1cn(-c2cccnc2)nn1)c1ccccc1Cl. The van der Waals surface area contributed by atoms with Gasteiger partial charge in [-0.15, -0.1) is 5.10 Å². The van der Waals surface area contributed by atoms with Gasteiger partial charge in [0, 0.05) is 35.0 Å². The van der Waals surface area contributed by atoms with Gasteiger partial charge in [0.25, 0.3) is 0 Å². The average Bonchev–Trinajstić information content (AvgIpc) is 3.47. The Bertz CT molecular complexity index is 1820. The number of aromatic nitrogens is 5. The van der Waals surface area contributed by atoms with E-state index in [1.807, 2.05) is 6.07 Å². The summed E-state index contributed by atoms with van der Waals surface area (Å²) in [6, 6.07) is 16.7. The van der Waals surface area contributed by atoms with Crippen molar-refractivity contribution in [1.29, 1.82) is 10.5 Å². The first-order valence-electron chi connectivity index (χ1n) is 13.0. The van der Waals surface area contributed by atoms with Crippen LogP contribution in [0.3, 0.4) is 0 Å². The molecule has 3 aromatic heterocycles. The fraction of sp³-hybridized carbons (Fsp3) is 0.200. The van der Waals surface area contributed by atoms with Crippen LogP contribution in [0.2, 0.25) is 5.02 Å². The van der Waals surface area contributed by atoms with Gasteiger partial charge in [0.05, 0.1) is 47.8 Å². The van der Waals surface area contributed by atoms with Gasteiger partial charge < -0.3 is 10.6 Å². The fourth-order valence-corrected chi connectivity index (χ4v) is 4.39. The van der Waals surface area contributed by atoms with Gasteiger partial charge in [0.15, 0.2) is 0 Å². The number of benzene rings is 2. The van der Waals surface area contributed by atoms with Gasteiger partial charge in [-0.2, -0.15) is 10.5 Å². The Morgan fingerprint density at radius 1 is 1.07 bits per heavy atom. The Hall–Kier alpha value is -4.99. The minimum Gasteiger partial charge on any atom is -0.383 e. The van der Waals surface area contributed by atoms with E-state index in [0.717, 1.165) is 0 Å². The number of fused-ring (bicyclic) bond motifs is 1. The van der Waals surface area contributed by atoms with E-state index in [1.54, 1.807) is 61.1 Å². The second-order valence-electron chi connectivity index (χ2n) is 10.3. The molecule has 1 atom stereocenters. The molecule has 0 aliphatic heterocycles. The maximum Gasteiger partial charge on any atom is 0.110 e. The summed E-state index contributed by atoms with van der Waals surface area (Å²) in [6.45, 7) is 6.83. The van der Waals surface area contributed by atoms with Gasteiger partial charge in [0.1, 0.15) is 17.8 Å². The van der Waals surface area contributed by atoms with Crippen molar-refractivity contribution in [2.75, 3.05) is 17.2 Å². The predicted molar refractivity (Wildman–Crippen MR) is 155 cm³/mol. The molecule has 0 bridgehead atoms. The molecule has 0 fully saturated rings. The van der Waals surface area contributed by atoms with Crippen LogP contribution < -0.4 is 10.6 Å². The lowest BCUT2D eigenvalue weighted by Crippen LogP contribution is -2.20. The first-order chi connectivity index (χ1) is 19.6. The van der Waals surface area contributed by atoms with Crippen LogP contribution in [0.4, 0.5) is 11.4 Å². The van der Waals surface area contributed by atoms with Crippen molar-refractivity contribution in [3.05, 3.63) is 101 Å². The summed E-state index contributed by atoms with van der Waals surface area (Å²) in [4.78, 5) is 8.56. The molecule has 0 unspecified atom stereocenters. The average molecular weight is 549 g/mol. The van der Waals surface area contributed by atoms with Gasteiger partial charge in [-0.05, 0) is 41.3 Å². The second kappa shape index (κ2) is 11.0. The Kier molecular flexibility index (Phi) is 6.96. The predicted octanol–water partition coefficient (Wildman–Crippen LogP) is 6.27. The molecule has 0 amide bonds. The van der Waals surface area contributed by atoms with E-state index < -0.39 is 6.02 Å². The molecule has 0 saturated heterocycles. The molecule has 0 saturated carbocycles. The van der Waals surface area contributed by atoms with E-state index in [4.69, 9.17) is 11.6 Å². The summed E-state index contributed by atoms with van der Waals surface area (Å²) >= 11 is 6.62. The van der Waals surface area contributed by atoms with Crippen LogP contribution >= 0.6 is 11.6 Å². The van der Waals surface area contributed by atoms with Crippen molar-refractivity contribution in [3.63, 3.8) is 0 Å². The van der Waals surface area contributed by atoms with E-state index in [-0.39, 0.29) is 16.7 Å². The number of nitriles is 2. The molecule has 2 aromatic carbocycles. The number of pyridine rings is 2. The summed E-state index contributed by atoms with van der Waals surface area (Å²) in [5, 5.41) is 36.0. The number of halogens is 1. The first-order valence-corrected chi connectivity index (χ1v) is 12.9. The zero-order valence-electron chi connectivity index (χ0n) is 23.1. The number of nitrogens with one attached hydrogen (secondary N) is 2. The topological polar surface area (TPSA) is 128 Å². The largest absolute Gasteiger partial charge is 0.383 e. The van der Waals surface area contributed by atoms with E-state index in [2.05, 4.69) is 63.8 Å². The van der Waals surface area contributed by atoms with E-state index in [1.165, 1.54) is 10.9 Å².